The first-order valence-electron chi connectivity index (χ1n) is 16.6. The Labute approximate surface area is 283 Å². The van der Waals surface area contributed by atoms with Crippen LogP contribution in [0.3, 0.4) is 0 Å². The number of ether oxygens (including phenoxy) is 6. The maximum absolute atomic E-state index is 5.70. The van der Waals surface area contributed by atoms with Crippen LogP contribution < -0.4 is 0 Å². The van der Waals surface area contributed by atoms with E-state index >= 15 is 0 Å². The van der Waals surface area contributed by atoms with Crippen LogP contribution in [-0.2, 0) is 28.4 Å². The van der Waals surface area contributed by atoms with Crippen LogP contribution >= 0.6 is 0 Å². The van der Waals surface area contributed by atoms with Crippen LogP contribution in [0.25, 0.3) is 0 Å². The van der Waals surface area contributed by atoms with Crippen LogP contribution in [0, 0.1) is 0 Å². The van der Waals surface area contributed by atoms with Gasteiger partial charge in [-0.15, -0.1) is 0 Å². The molecule has 0 amide bonds. The molecule has 0 N–H and O–H groups in total. The maximum atomic E-state index is 5.70. The fourth-order valence-electron chi connectivity index (χ4n) is 4.54. The molecule has 12 nitrogen and oxygen atoms in total. The minimum atomic E-state index is 0.499. The van der Waals surface area contributed by atoms with E-state index in [0.29, 0.717) is 119 Å². The fourth-order valence-corrected chi connectivity index (χ4v) is 4.54. The summed E-state index contributed by atoms with van der Waals surface area (Å²) in [5.74, 6) is 0. The van der Waals surface area contributed by atoms with Gasteiger partial charge in [0.15, 0.2) is 0 Å². The molecule has 0 aliphatic carbocycles. The Morgan fingerprint density at radius 2 is 0.417 bits per heavy atom. The van der Waals surface area contributed by atoms with Gasteiger partial charge in [-0.05, 0) is 69.8 Å². The van der Waals surface area contributed by atoms with Crippen molar-refractivity contribution in [3.63, 3.8) is 0 Å². The molecular weight excluding hydrogens is 612 g/mol. The molecule has 3 heterocycles. The van der Waals surface area contributed by atoms with Crippen molar-refractivity contribution in [2.24, 2.45) is 30.0 Å². The largest absolute Gasteiger partial charge is 0.377 e. The second-order valence-corrected chi connectivity index (χ2v) is 10.8. The van der Waals surface area contributed by atoms with Gasteiger partial charge in [0.2, 0.25) is 0 Å². The normalized spacial score (nSPS) is 19.2. The van der Waals surface area contributed by atoms with Crippen LogP contribution in [0.2, 0.25) is 0 Å². The molecule has 48 heavy (non-hydrogen) atoms. The highest BCUT2D eigenvalue weighted by Crippen LogP contribution is 2.08. The molecule has 2 aromatic rings. The molecular formula is C36H48N6O6. The van der Waals surface area contributed by atoms with Gasteiger partial charge in [-0.3, -0.25) is 30.0 Å². The van der Waals surface area contributed by atoms with Crippen molar-refractivity contribution in [3.8, 4) is 0 Å². The van der Waals surface area contributed by atoms with Gasteiger partial charge in [0, 0.05) is 37.3 Å². The highest BCUT2D eigenvalue weighted by Gasteiger charge is 2.01. The molecule has 0 unspecified atom stereocenters. The summed E-state index contributed by atoms with van der Waals surface area (Å²) in [6.45, 7) is 9.33. The first kappa shape index (κ1) is 37.0. The average molecular weight is 661 g/mol. The summed E-state index contributed by atoms with van der Waals surface area (Å²) in [5.41, 5.74) is 5.76. The molecule has 2 aromatic carbocycles. The van der Waals surface area contributed by atoms with E-state index in [2.05, 4.69) is 30.0 Å². The summed E-state index contributed by atoms with van der Waals surface area (Å²) in [6, 6.07) is 12.3. The quantitative estimate of drug-likeness (QED) is 0.400. The van der Waals surface area contributed by atoms with Crippen molar-refractivity contribution in [3.05, 3.63) is 69.8 Å². The Bertz CT molecular complexity index is 1090. The number of rotatable bonds is 0. The summed E-state index contributed by atoms with van der Waals surface area (Å²) in [5, 5.41) is 0. The molecule has 12 heteroatoms. The molecule has 6 bridgehead atoms. The second-order valence-electron chi connectivity index (χ2n) is 10.8. The highest BCUT2D eigenvalue weighted by atomic mass is 16.5. The molecule has 0 saturated carbocycles. The van der Waals surface area contributed by atoms with Crippen molar-refractivity contribution in [1.82, 2.24) is 0 Å². The lowest BCUT2D eigenvalue weighted by Crippen LogP contribution is -2.09. The predicted molar refractivity (Wildman–Crippen MR) is 193 cm³/mol. The van der Waals surface area contributed by atoms with Crippen LogP contribution in [-0.4, -0.2) is 156 Å². The molecule has 5 rings (SSSR count). The Hall–Kier alpha value is -3.78. The van der Waals surface area contributed by atoms with E-state index in [1.165, 1.54) is 0 Å². The van der Waals surface area contributed by atoms with E-state index in [9.17, 15) is 0 Å². The van der Waals surface area contributed by atoms with E-state index in [-0.39, 0.29) is 0 Å². The Morgan fingerprint density at radius 3 is 0.583 bits per heavy atom. The smallest absolute Gasteiger partial charge is 0.0701 e. The molecule has 0 saturated heterocycles. The van der Waals surface area contributed by atoms with Gasteiger partial charge in [-0.25, -0.2) is 0 Å². The zero-order valence-electron chi connectivity index (χ0n) is 27.8. The fraction of sp³-hybridized carbons (Fsp3) is 0.500. The lowest BCUT2D eigenvalue weighted by Gasteiger charge is -2.05. The maximum Gasteiger partial charge on any atom is 0.0701 e. The van der Waals surface area contributed by atoms with Crippen molar-refractivity contribution < 1.29 is 28.4 Å². The number of benzene rings is 2. The van der Waals surface area contributed by atoms with Gasteiger partial charge in [0.05, 0.1) is 119 Å². The monoisotopic (exact) mass is 660 g/mol. The highest BCUT2D eigenvalue weighted by molar-refractivity contribution is 5.92. The van der Waals surface area contributed by atoms with E-state index in [4.69, 9.17) is 28.4 Å². The van der Waals surface area contributed by atoms with E-state index in [0.717, 1.165) is 33.4 Å². The lowest BCUT2D eigenvalue weighted by atomic mass is 10.1. The Morgan fingerprint density at radius 1 is 0.250 bits per heavy atom. The summed E-state index contributed by atoms with van der Waals surface area (Å²) in [6.07, 6.45) is 11.1. The van der Waals surface area contributed by atoms with Crippen molar-refractivity contribution >= 4 is 37.3 Å². The van der Waals surface area contributed by atoms with Crippen molar-refractivity contribution in [1.29, 1.82) is 0 Å². The minimum absolute atomic E-state index is 0.499. The number of hydrogen-bond acceptors (Lipinski definition) is 12. The molecule has 0 spiro atoms. The number of aliphatic imine (C=N–C) groups is 6. The third kappa shape index (κ3) is 16.9. The second kappa shape index (κ2) is 24.4. The zero-order chi connectivity index (χ0) is 33.2. The number of hydrogen-bond donors (Lipinski definition) is 0. The van der Waals surface area contributed by atoms with Crippen molar-refractivity contribution in [2.45, 2.75) is 0 Å². The minimum Gasteiger partial charge on any atom is -0.377 e. The summed E-state index contributed by atoms with van der Waals surface area (Å²) < 4.78 is 34.2. The molecule has 258 valence electrons. The van der Waals surface area contributed by atoms with Gasteiger partial charge in [-0.1, -0.05) is 0 Å². The molecule has 0 atom stereocenters. The standard InChI is InChI=1S/C36H48N6O6/c1-7-43-13-14-44-8-2-40-28-34-22-35-24-36(23-34)30-42-6-12-48-18-16-46-10-4-39-27-33-20-31(25-37-1)19-32(21-33)26-38-3-9-45-15-17-47-11-5-41-29-35/h19-30H,1-18H2. The van der Waals surface area contributed by atoms with Crippen LogP contribution in [0.4, 0.5) is 0 Å². The molecule has 3 aliphatic heterocycles. The summed E-state index contributed by atoms with van der Waals surface area (Å²) in [4.78, 5) is 27.3. The summed E-state index contributed by atoms with van der Waals surface area (Å²) >= 11 is 0. The molecule has 3 aliphatic rings. The van der Waals surface area contributed by atoms with E-state index < -0.39 is 0 Å². The van der Waals surface area contributed by atoms with Gasteiger partial charge in [0.25, 0.3) is 0 Å². The van der Waals surface area contributed by atoms with E-state index in [1.54, 1.807) is 0 Å². The third-order valence-corrected chi connectivity index (χ3v) is 6.75. The first-order valence-corrected chi connectivity index (χ1v) is 16.6. The molecule has 0 radical (unpaired) electrons. The van der Waals surface area contributed by atoms with E-state index in [1.807, 2.05) is 73.7 Å². The van der Waals surface area contributed by atoms with Crippen molar-refractivity contribution in [2.75, 3.05) is 119 Å². The molecule has 0 aromatic heterocycles. The third-order valence-electron chi connectivity index (χ3n) is 6.75. The van der Waals surface area contributed by atoms with Crippen LogP contribution in [0.15, 0.2) is 66.4 Å². The van der Waals surface area contributed by atoms with Gasteiger partial charge < -0.3 is 28.4 Å². The molecule has 0 fully saturated rings. The topological polar surface area (TPSA) is 130 Å². The first-order chi connectivity index (χ1) is 23.8. The predicted octanol–water partition coefficient (Wildman–Crippen LogP) is 3.03. The number of fused-ring (bicyclic) bond motifs is 27. The summed E-state index contributed by atoms with van der Waals surface area (Å²) in [7, 11) is 0. The van der Waals surface area contributed by atoms with Gasteiger partial charge in [-0.2, -0.15) is 0 Å². The Balaban J connectivity index is 1.48. The zero-order valence-corrected chi connectivity index (χ0v) is 27.8. The lowest BCUT2D eigenvalue weighted by molar-refractivity contribution is 0.0541. The SMILES string of the molecule is C1=NCCOCCOCCN=Cc2cc3cc(c2)C=NCCOCCOCCN=Cc2cc1cc(c2)C=NCCOCCOCCN=C3. The average Bonchev–Trinajstić information content (AvgIpc) is 3.09. The number of nitrogens with zero attached hydrogens (tertiary/aromatic N) is 6. The van der Waals surface area contributed by atoms with Crippen LogP contribution in [0.1, 0.15) is 33.4 Å². The van der Waals surface area contributed by atoms with Crippen LogP contribution in [0.5, 0.6) is 0 Å². The Kier molecular flexibility index (Phi) is 18.8. The van der Waals surface area contributed by atoms with Gasteiger partial charge in [0.1, 0.15) is 0 Å². The van der Waals surface area contributed by atoms with Gasteiger partial charge >= 0.3 is 0 Å².